The van der Waals surface area contributed by atoms with E-state index in [1.165, 1.54) is 12.4 Å². The van der Waals surface area contributed by atoms with Crippen molar-refractivity contribution in [3.05, 3.63) is 36.4 Å². The topological polar surface area (TPSA) is 46.8 Å². The predicted octanol–water partition coefficient (Wildman–Crippen LogP) is 2.07. The lowest BCUT2D eigenvalue weighted by molar-refractivity contribution is 0.346. The van der Waals surface area contributed by atoms with Gasteiger partial charge in [-0.1, -0.05) is 13.8 Å². The van der Waals surface area contributed by atoms with E-state index < -0.39 is 5.82 Å². The highest BCUT2D eigenvalue weighted by molar-refractivity contribution is 5.33. The molecule has 1 saturated heterocycles. The summed E-state index contributed by atoms with van der Waals surface area (Å²) in [4.78, 5) is 14.5. The van der Waals surface area contributed by atoms with Crippen LogP contribution in [0.15, 0.2) is 24.8 Å². The first-order valence-electron chi connectivity index (χ1n) is 6.87. The largest absolute Gasteiger partial charge is 0.340 e. The fraction of sp³-hybridized carbons (Fsp3) is 0.500. The van der Waals surface area contributed by atoms with Crippen LogP contribution in [0.4, 0.5) is 10.3 Å². The van der Waals surface area contributed by atoms with E-state index in [2.05, 4.69) is 38.3 Å². The molecule has 5 nitrogen and oxygen atoms in total. The summed E-state index contributed by atoms with van der Waals surface area (Å²) in [5.41, 5.74) is 0. The molecule has 0 unspecified atom stereocenters. The van der Waals surface area contributed by atoms with Gasteiger partial charge in [0.25, 0.3) is 0 Å². The maximum Gasteiger partial charge on any atom is 0.225 e. The standard InChI is InChI=1S/C14H18FN5/c1-10(2)13-16-3-4-19(13)7-11-8-20(9-11)14-17-5-12(15)6-18-14/h3-6,10-11H,7-9H2,1-2H3. The molecule has 0 saturated carbocycles. The van der Waals surface area contributed by atoms with Crippen molar-refractivity contribution in [2.75, 3.05) is 18.0 Å². The molecule has 0 atom stereocenters. The van der Waals surface area contributed by atoms with Crippen molar-refractivity contribution in [3.63, 3.8) is 0 Å². The smallest absolute Gasteiger partial charge is 0.225 e. The SMILES string of the molecule is CC(C)c1nccn1CC1CN(c2ncc(F)cn2)C1. The Hall–Kier alpha value is -1.98. The van der Waals surface area contributed by atoms with E-state index in [1.807, 2.05) is 12.4 Å². The second kappa shape index (κ2) is 5.19. The maximum atomic E-state index is 12.8. The van der Waals surface area contributed by atoms with Gasteiger partial charge >= 0.3 is 0 Å². The Morgan fingerprint density at radius 2 is 1.95 bits per heavy atom. The average molecular weight is 275 g/mol. The van der Waals surface area contributed by atoms with Crippen molar-refractivity contribution in [2.45, 2.75) is 26.3 Å². The maximum absolute atomic E-state index is 12.8. The Kier molecular flexibility index (Phi) is 3.38. The lowest BCUT2D eigenvalue weighted by Gasteiger charge is -2.39. The van der Waals surface area contributed by atoms with E-state index in [0.717, 1.165) is 25.5 Å². The molecule has 6 heteroatoms. The normalized spacial score (nSPS) is 15.7. The number of anilines is 1. The van der Waals surface area contributed by atoms with E-state index >= 15 is 0 Å². The molecule has 0 aromatic carbocycles. The first kappa shape index (κ1) is 13.0. The summed E-state index contributed by atoms with van der Waals surface area (Å²) < 4.78 is 15.0. The molecule has 0 amide bonds. The molecular weight excluding hydrogens is 257 g/mol. The molecule has 2 aromatic rings. The minimum absolute atomic E-state index is 0.397. The third-order valence-corrected chi connectivity index (χ3v) is 3.57. The Morgan fingerprint density at radius 1 is 1.25 bits per heavy atom. The molecule has 3 heterocycles. The van der Waals surface area contributed by atoms with Crippen LogP contribution in [-0.4, -0.2) is 32.6 Å². The van der Waals surface area contributed by atoms with Crippen LogP contribution in [0.25, 0.3) is 0 Å². The van der Waals surface area contributed by atoms with E-state index in [4.69, 9.17) is 0 Å². The van der Waals surface area contributed by atoms with Gasteiger partial charge in [-0.25, -0.2) is 19.3 Å². The van der Waals surface area contributed by atoms with Crippen LogP contribution in [0.2, 0.25) is 0 Å². The average Bonchev–Trinajstić information content (AvgIpc) is 2.83. The number of hydrogen-bond donors (Lipinski definition) is 0. The first-order valence-corrected chi connectivity index (χ1v) is 6.87. The van der Waals surface area contributed by atoms with Gasteiger partial charge in [0.2, 0.25) is 5.95 Å². The minimum Gasteiger partial charge on any atom is -0.340 e. The second-order valence-electron chi connectivity index (χ2n) is 5.56. The van der Waals surface area contributed by atoms with Crippen LogP contribution in [-0.2, 0) is 6.54 Å². The lowest BCUT2D eigenvalue weighted by atomic mass is 10.0. The fourth-order valence-electron chi connectivity index (χ4n) is 2.57. The van der Waals surface area contributed by atoms with Crippen LogP contribution in [0.1, 0.15) is 25.6 Å². The molecule has 20 heavy (non-hydrogen) atoms. The monoisotopic (exact) mass is 275 g/mol. The van der Waals surface area contributed by atoms with Gasteiger partial charge in [-0.05, 0) is 0 Å². The number of rotatable bonds is 4. The van der Waals surface area contributed by atoms with Gasteiger partial charge in [-0.15, -0.1) is 0 Å². The van der Waals surface area contributed by atoms with Gasteiger partial charge in [0.05, 0.1) is 12.4 Å². The minimum atomic E-state index is -0.397. The molecule has 0 N–H and O–H groups in total. The second-order valence-corrected chi connectivity index (χ2v) is 5.56. The molecule has 3 rings (SSSR count). The highest BCUT2D eigenvalue weighted by Crippen LogP contribution is 2.23. The Balaban J connectivity index is 1.58. The van der Waals surface area contributed by atoms with Crippen LogP contribution < -0.4 is 4.90 Å². The highest BCUT2D eigenvalue weighted by atomic mass is 19.1. The molecule has 0 bridgehead atoms. The van der Waals surface area contributed by atoms with Gasteiger partial charge in [0.15, 0.2) is 5.82 Å². The molecule has 2 aromatic heterocycles. The number of halogens is 1. The third-order valence-electron chi connectivity index (χ3n) is 3.57. The summed E-state index contributed by atoms with van der Waals surface area (Å²) in [6, 6.07) is 0. The molecule has 106 valence electrons. The van der Waals surface area contributed by atoms with Crippen molar-refractivity contribution in [3.8, 4) is 0 Å². The van der Waals surface area contributed by atoms with E-state index in [0.29, 0.717) is 17.8 Å². The van der Waals surface area contributed by atoms with Gasteiger partial charge in [0.1, 0.15) is 5.82 Å². The zero-order valence-electron chi connectivity index (χ0n) is 11.7. The zero-order valence-corrected chi connectivity index (χ0v) is 11.7. The molecule has 0 spiro atoms. The molecule has 0 radical (unpaired) electrons. The Labute approximate surface area is 117 Å². The first-order chi connectivity index (χ1) is 9.63. The summed E-state index contributed by atoms with van der Waals surface area (Å²) in [5.74, 6) is 2.33. The number of aromatic nitrogens is 4. The Morgan fingerprint density at radius 3 is 2.60 bits per heavy atom. The summed E-state index contributed by atoms with van der Waals surface area (Å²) in [5, 5.41) is 0. The van der Waals surface area contributed by atoms with Gasteiger partial charge < -0.3 is 9.47 Å². The van der Waals surface area contributed by atoms with Crippen LogP contribution in [0.5, 0.6) is 0 Å². The van der Waals surface area contributed by atoms with Gasteiger partial charge in [-0.2, -0.15) is 0 Å². The fourth-order valence-corrected chi connectivity index (χ4v) is 2.57. The molecule has 0 aliphatic carbocycles. The number of hydrogen-bond acceptors (Lipinski definition) is 4. The van der Waals surface area contributed by atoms with E-state index in [1.54, 1.807) is 0 Å². The third kappa shape index (κ3) is 2.50. The summed E-state index contributed by atoms with van der Waals surface area (Å²) in [6.45, 7) is 7.07. The lowest BCUT2D eigenvalue weighted by Crippen LogP contribution is -2.49. The molecule has 1 aliphatic heterocycles. The van der Waals surface area contributed by atoms with Crippen molar-refractivity contribution < 1.29 is 4.39 Å². The molecule has 1 fully saturated rings. The van der Waals surface area contributed by atoms with E-state index in [9.17, 15) is 4.39 Å². The molecular formula is C14H18FN5. The van der Waals surface area contributed by atoms with E-state index in [-0.39, 0.29) is 0 Å². The predicted molar refractivity (Wildman–Crippen MR) is 74.0 cm³/mol. The van der Waals surface area contributed by atoms with Crippen LogP contribution in [0, 0.1) is 11.7 Å². The summed E-state index contributed by atoms with van der Waals surface area (Å²) >= 11 is 0. The van der Waals surface area contributed by atoms with Crippen molar-refractivity contribution >= 4 is 5.95 Å². The van der Waals surface area contributed by atoms with Crippen LogP contribution in [0.3, 0.4) is 0 Å². The van der Waals surface area contributed by atoms with Crippen molar-refractivity contribution in [2.24, 2.45) is 5.92 Å². The highest BCUT2D eigenvalue weighted by Gasteiger charge is 2.29. The van der Waals surface area contributed by atoms with Crippen molar-refractivity contribution in [1.29, 1.82) is 0 Å². The quantitative estimate of drug-likeness (QED) is 0.857. The number of imidazole rings is 1. The number of nitrogens with zero attached hydrogens (tertiary/aromatic N) is 5. The van der Waals surface area contributed by atoms with Crippen LogP contribution >= 0.6 is 0 Å². The zero-order chi connectivity index (χ0) is 14.1. The summed E-state index contributed by atoms with van der Waals surface area (Å²) in [6.07, 6.45) is 6.31. The summed E-state index contributed by atoms with van der Waals surface area (Å²) in [7, 11) is 0. The Bertz CT molecular complexity index is 572. The van der Waals surface area contributed by atoms with Gasteiger partial charge in [-0.3, -0.25) is 0 Å². The van der Waals surface area contributed by atoms with Crippen molar-refractivity contribution in [1.82, 2.24) is 19.5 Å². The van der Waals surface area contributed by atoms with Gasteiger partial charge in [0, 0.05) is 43.9 Å². The molecule has 1 aliphatic rings.